The van der Waals surface area contributed by atoms with Crippen LogP contribution in [0.25, 0.3) is 0 Å². The first-order chi connectivity index (χ1) is 6.18. The van der Waals surface area contributed by atoms with Crippen LogP contribution in [0.1, 0.15) is 5.56 Å². The van der Waals surface area contributed by atoms with E-state index in [2.05, 4.69) is 10.2 Å². The summed E-state index contributed by atoms with van der Waals surface area (Å²) in [5.41, 5.74) is 10.8. The molecule has 0 fully saturated rings. The molecule has 0 saturated carbocycles. The predicted molar refractivity (Wildman–Crippen MR) is 49.8 cm³/mol. The lowest BCUT2D eigenvalue weighted by Gasteiger charge is -1.90. The van der Waals surface area contributed by atoms with Crippen molar-refractivity contribution in [3.8, 4) is 0 Å². The number of nitrogens with zero attached hydrogens (tertiary/aromatic N) is 2. The van der Waals surface area contributed by atoms with E-state index in [9.17, 15) is 4.39 Å². The molecule has 13 heavy (non-hydrogen) atoms. The van der Waals surface area contributed by atoms with Crippen LogP contribution in [0.3, 0.4) is 0 Å². The molecule has 0 aliphatic heterocycles. The lowest BCUT2D eigenvalue weighted by molar-refractivity contribution is 0.628. The minimum Gasteiger partial charge on any atom is -0.369 e. The Labute approximate surface area is 74.8 Å². The summed E-state index contributed by atoms with van der Waals surface area (Å²) in [7, 11) is 0. The predicted octanol–water partition coefficient (Wildman–Crippen LogP) is 0.433. The Kier molecular flexibility index (Phi) is 2.97. The van der Waals surface area contributed by atoms with Crippen molar-refractivity contribution in [2.24, 2.45) is 21.7 Å². The average molecular weight is 180 g/mol. The van der Waals surface area contributed by atoms with Crippen LogP contribution in [0.4, 0.5) is 4.39 Å². The summed E-state index contributed by atoms with van der Waals surface area (Å²) in [4.78, 5) is 0. The molecule has 0 aromatic heterocycles. The van der Waals surface area contributed by atoms with Gasteiger partial charge in [0.25, 0.3) is 0 Å². The minimum atomic E-state index is -0.293. The Balaban J connectivity index is 2.70. The SMILES string of the molecule is NC(N)=N/N=C\c1ccc(F)cc1. The van der Waals surface area contributed by atoms with Crippen molar-refractivity contribution in [1.29, 1.82) is 0 Å². The van der Waals surface area contributed by atoms with Crippen LogP contribution >= 0.6 is 0 Å². The van der Waals surface area contributed by atoms with Gasteiger partial charge in [0.1, 0.15) is 5.82 Å². The monoisotopic (exact) mass is 180 g/mol. The van der Waals surface area contributed by atoms with Crippen LogP contribution < -0.4 is 11.5 Å². The van der Waals surface area contributed by atoms with E-state index in [-0.39, 0.29) is 11.8 Å². The lowest BCUT2D eigenvalue weighted by atomic mass is 10.2. The first-order valence-electron chi connectivity index (χ1n) is 3.56. The average Bonchev–Trinajstić information content (AvgIpc) is 2.08. The maximum Gasteiger partial charge on any atom is 0.211 e. The van der Waals surface area contributed by atoms with Crippen molar-refractivity contribution >= 4 is 12.2 Å². The maximum atomic E-state index is 12.4. The molecule has 1 rings (SSSR count). The standard InChI is InChI=1S/C8H9FN4/c9-7-3-1-6(2-4-7)5-12-13-8(10)11/h1-5H,(H4,10,11,13)/b12-5-. The van der Waals surface area contributed by atoms with Gasteiger partial charge in [-0.1, -0.05) is 12.1 Å². The molecule has 0 aliphatic rings. The summed E-state index contributed by atoms with van der Waals surface area (Å²) in [6.07, 6.45) is 1.43. The third kappa shape index (κ3) is 3.33. The van der Waals surface area contributed by atoms with Gasteiger partial charge in [-0.25, -0.2) is 4.39 Å². The molecule has 0 bridgehead atoms. The highest BCUT2D eigenvalue weighted by Crippen LogP contribution is 1.99. The summed E-state index contributed by atoms with van der Waals surface area (Å²) in [5, 5.41) is 6.95. The fourth-order valence-electron chi connectivity index (χ4n) is 0.711. The molecule has 4 N–H and O–H groups in total. The van der Waals surface area contributed by atoms with Crippen molar-refractivity contribution in [3.05, 3.63) is 35.6 Å². The fourth-order valence-corrected chi connectivity index (χ4v) is 0.711. The van der Waals surface area contributed by atoms with Crippen LogP contribution in [-0.2, 0) is 0 Å². The van der Waals surface area contributed by atoms with Crippen molar-refractivity contribution < 1.29 is 4.39 Å². The molecule has 0 atom stereocenters. The highest BCUT2D eigenvalue weighted by atomic mass is 19.1. The Morgan fingerprint density at radius 1 is 1.23 bits per heavy atom. The maximum absolute atomic E-state index is 12.4. The molecule has 1 aromatic carbocycles. The highest BCUT2D eigenvalue weighted by Gasteiger charge is 1.88. The van der Waals surface area contributed by atoms with Gasteiger partial charge in [-0.15, -0.1) is 5.10 Å². The third-order valence-electron chi connectivity index (χ3n) is 1.25. The van der Waals surface area contributed by atoms with Gasteiger partial charge in [0.2, 0.25) is 5.96 Å². The van der Waals surface area contributed by atoms with Crippen LogP contribution in [-0.4, -0.2) is 12.2 Å². The summed E-state index contributed by atoms with van der Waals surface area (Å²) in [6.45, 7) is 0. The Hall–Kier alpha value is -1.91. The normalized spacial score (nSPS) is 10.2. The van der Waals surface area contributed by atoms with Crippen molar-refractivity contribution in [3.63, 3.8) is 0 Å². The molecule has 4 nitrogen and oxygen atoms in total. The first kappa shape index (κ1) is 9.18. The van der Waals surface area contributed by atoms with E-state index in [1.807, 2.05) is 0 Å². The number of hydrogen-bond donors (Lipinski definition) is 2. The molecule has 0 heterocycles. The zero-order chi connectivity index (χ0) is 9.68. The van der Waals surface area contributed by atoms with Gasteiger partial charge in [-0.2, -0.15) is 5.10 Å². The lowest BCUT2D eigenvalue weighted by Crippen LogP contribution is -2.21. The van der Waals surface area contributed by atoms with Crippen molar-refractivity contribution in [1.82, 2.24) is 0 Å². The molecule has 0 saturated heterocycles. The molecule has 0 unspecified atom stereocenters. The zero-order valence-corrected chi connectivity index (χ0v) is 6.81. The van der Waals surface area contributed by atoms with E-state index in [1.54, 1.807) is 12.1 Å². The number of nitrogens with two attached hydrogens (primary N) is 2. The molecular formula is C8H9FN4. The summed E-state index contributed by atoms with van der Waals surface area (Å²) in [6, 6.07) is 5.80. The second-order valence-corrected chi connectivity index (χ2v) is 2.32. The van der Waals surface area contributed by atoms with E-state index >= 15 is 0 Å². The van der Waals surface area contributed by atoms with Gasteiger partial charge in [0, 0.05) is 0 Å². The van der Waals surface area contributed by atoms with Crippen LogP contribution in [0, 0.1) is 5.82 Å². The second kappa shape index (κ2) is 4.20. The molecule has 0 amide bonds. The molecule has 0 aliphatic carbocycles. The number of rotatable bonds is 2. The van der Waals surface area contributed by atoms with Gasteiger partial charge in [0.05, 0.1) is 6.21 Å². The Morgan fingerprint density at radius 3 is 2.38 bits per heavy atom. The van der Waals surface area contributed by atoms with Gasteiger partial charge in [-0.3, -0.25) is 0 Å². The van der Waals surface area contributed by atoms with Crippen LogP contribution in [0.15, 0.2) is 34.5 Å². The topological polar surface area (TPSA) is 76.8 Å². The number of hydrogen-bond acceptors (Lipinski definition) is 2. The van der Waals surface area contributed by atoms with Crippen molar-refractivity contribution in [2.75, 3.05) is 0 Å². The molecule has 5 heteroatoms. The van der Waals surface area contributed by atoms with E-state index in [4.69, 9.17) is 11.5 Å². The minimum absolute atomic E-state index is 0.113. The first-order valence-corrected chi connectivity index (χ1v) is 3.56. The molecular weight excluding hydrogens is 171 g/mol. The smallest absolute Gasteiger partial charge is 0.211 e. The summed E-state index contributed by atoms with van der Waals surface area (Å²) >= 11 is 0. The molecule has 0 spiro atoms. The van der Waals surface area contributed by atoms with Gasteiger partial charge < -0.3 is 11.5 Å². The number of benzene rings is 1. The van der Waals surface area contributed by atoms with E-state index in [1.165, 1.54) is 18.3 Å². The van der Waals surface area contributed by atoms with E-state index < -0.39 is 0 Å². The Morgan fingerprint density at radius 2 is 1.85 bits per heavy atom. The Bertz CT molecular complexity index is 325. The highest BCUT2D eigenvalue weighted by molar-refractivity contribution is 5.81. The van der Waals surface area contributed by atoms with Gasteiger partial charge in [-0.05, 0) is 17.7 Å². The van der Waals surface area contributed by atoms with Crippen LogP contribution in [0.2, 0.25) is 0 Å². The van der Waals surface area contributed by atoms with E-state index in [0.717, 1.165) is 5.56 Å². The molecule has 0 radical (unpaired) electrons. The summed E-state index contributed by atoms with van der Waals surface area (Å²) in [5.74, 6) is -0.405. The van der Waals surface area contributed by atoms with Gasteiger partial charge >= 0.3 is 0 Å². The number of guanidine groups is 1. The third-order valence-corrected chi connectivity index (χ3v) is 1.25. The van der Waals surface area contributed by atoms with Crippen molar-refractivity contribution in [2.45, 2.75) is 0 Å². The quantitative estimate of drug-likeness (QED) is 0.393. The van der Waals surface area contributed by atoms with Gasteiger partial charge in [0.15, 0.2) is 0 Å². The zero-order valence-electron chi connectivity index (χ0n) is 6.81. The summed E-state index contributed by atoms with van der Waals surface area (Å²) < 4.78 is 12.4. The molecule has 1 aromatic rings. The fraction of sp³-hybridized carbons (Fsp3) is 0. The second-order valence-electron chi connectivity index (χ2n) is 2.32. The van der Waals surface area contributed by atoms with E-state index in [0.29, 0.717) is 0 Å². The van der Waals surface area contributed by atoms with Crippen LogP contribution in [0.5, 0.6) is 0 Å². The largest absolute Gasteiger partial charge is 0.369 e. The number of halogens is 1. The molecule has 68 valence electrons.